The van der Waals surface area contributed by atoms with E-state index in [0.29, 0.717) is 28.4 Å². The molecule has 7 heteroatoms. The lowest BCUT2D eigenvalue weighted by atomic mass is 9.87. The second kappa shape index (κ2) is 7.09. The molecule has 0 bridgehead atoms. The van der Waals surface area contributed by atoms with Gasteiger partial charge in [0, 0.05) is 28.6 Å². The topological polar surface area (TPSA) is 80.4 Å². The Balaban J connectivity index is 2.00. The number of H-pyrrole nitrogens is 1. The Morgan fingerprint density at radius 2 is 1.90 bits per heavy atom. The van der Waals surface area contributed by atoms with Crippen molar-refractivity contribution in [1.29, 1.82) is 0 Å². The molecule has 0 fully saturated rings. The van der Waals surface area contributed by atoms with Gasteiger partial charge in [-0.05, 0) is 30.7 Å². The number of hydrogen-bond acceptors (Lipinski definition) is 4. The highest BCUT2D eigenvalue weighted by Crippen LogP contribution is 2.44. The van der Waals surface area contributed by atoms with Gasteiger partial charge in [0.2, 0.25) is 5.91 Å². The zero-order chi connectivity index (χ0) is 20.7. The van der Waals surface area contributed by atoms with E-state index in [1.54, 1.807) is 25.1 Å². The smallest absolute Gasteiger partial charge is 0.340 e. The van der Waals surface area contributed by atoms with Gasteiger partial charge in [-0.25, -0.2) is 9.18 Å². The molecule has 2 aromatic carbocycles. The van der Waals surface area contributed by atoms with E-state index in [2.05, 4.69) is 10.3 Å². The first-order valence-corrected chi connectivity index (χ1v) is 9.00. The standard InChI is InChI=1S/C22H19FN2O4/c1-11-17(22(27)29-3)19(18-14-6-4-5-7-16(14)25-21(18)26)20(24-11)13-9-8-12(28-2)10-15(13)23/h4-10,18,24H,1-3H3,(H,25,26)/t18-/m0/s1. The number of fused-ring (bicyclic) bond motifs is 1. The lowest BCUT2D eigenvalue weighted by molar-refractivity contribution is -0.116. The number of methoxy groups -OCH3 is 2. The van der Waals surface area contributed by atoms with Crippen molar-refractivity contribution in [2.75, 3.05) is 19.5 Å². The predicted molar refractivity (Wildman–Crippen MR) is 106 cm³/mol. The summed E-state index contributed by atoms with van der Waals surface area (Å²) < 4.78 is 24.9. The molecule has 0 unspecified atom stereocenters. The van der Waals surface area contributed by atoms with Crippen LogP contribution in [-0.2, 0) is 9.53 Å². The molecule has 29 heavy (non-hydrogen) atoms. The molecule has 1 atom stereocenters. The van der Waals surface area contributed by atoms with Crippen molar-refractivity contribution < 1.29 is 23.5 Å². The average molecular weight is 394 g/mol. The molecular weight excluding hydrogens is 375 g/mol. The number of aromatic nitrogens is 1. The summed E-state index contributed by atoms with van der Waals surface area (Å²) in [7, 11) is 2.72. The number of benzene rings is 2. The minimum Gasteiger partial charge on any atom is -0.497 e. The summed E-state index contributed by atoms with van der Waals surface area (Å²) in [6.45, 7) is 1.69. The Hall–Kier alpha value is -3.61. The number of ether oxygens (including phenoxy) is 2. The Morgan fingerprint density at radius 3 is 2.59 bits per heavy atom. The third-order valence-electron chi connectivity index (χ3n) is 5.14. The monoisotopic (exact) mass is 394 g/mol. The maximum absolute atomic E-state index is 14.9. The first-order chi connectivity index (χ1) is 14.0. The number of rotatable bonds is 4. The number of nitrogens with one attached hydrogen (secondary N) is 2. The van der Waals surface area contributed by atoms with Gasteiger partial charge < -0.3 is 19.8 Å². The number of hydrogen-bond donors (Lipinski definition) is 2. The summed E-state index contributed by atoms with van der Waals surface area (Å²) >= 11 is 0. The Bertz CT molecular complexity index is 1140. The third kappa shape index (κ3) is 2.95. The van der Waals surface area contributed by atoms with E-state index < -0.39 is 17.7 Å². The SMILES string of the molecule is COC(=O)c1c(C)[nH]c(-c2ccc(OC)cc2F)c1[C@H]1C(=O)Nc2ccccc21. The Labute approximate surface area is 166 Å². The fourth-order valence-electron chi connectivity index (χ4n) is 3.83. The van der Waals surface area contributed by atoms with Crippen molar-refractivity contribution in [1.82, 2.24) is 4.98 Å². The van der Waals surface area contributed by atoms with Crippen molar-refractivity contribution in [3.8, 4) is 17.0 Å². The summed E-state index contributed by atoms with van der Waals surface area (Å²) in [5.74, 6) is -1.82. The summed E-state index contributed by atoms with van der Waals surface area (Å²) in [5, 5.41) is 2.83. The molecule has 4 rings (SSSR count). The molecule has 2 heterocycles. The number of aromatic amines is 1. The van der Waals surface area contributed by atoms with Gasteiger partial charge >= 0.3 is 5.97 Å². The molecule has 1 aliphatic heterocycles. The van der Waals surface area contributed by atoms with E-state index >= 15 is 0 Å². The van der Waals surface area contributed by atoms with Crippen molar-refractivity contribution in [3.05, 3.63) is 70.7 Å². The fourth-order valence-corrected chi connectivity index (χ4v) is 3.83. The summed E-state index contributed by atoms with van der Waals surface area (Å²) in [6, 6.07) is 11.7. The van der Waals surface area contributed by atoms with Crippen LogP contribution in [-0.4, -0.2) is 31.1 Å². The van der Waals surface area contributed by atoms with E-state index in [9.17, 15) is 14.0 Å². The highest BCUT2D eigenvalue weighted by Gasteiger charge is 2.39. The zero-order valence-corrected chi connectivity index (χ0v) is 16.1. The van der Waals surface area contributed by atoms with Crippen molar-refractivity contribution >= 4 is 17.6 Å². The van der Waals surface area contributed by atoms with Crippen LogP contribution in [0.4, 0.5) is 10.1 Å². The van der Waals surface area contributed by atoms with Gasteiger partial charge in [-0.3, -0.25) is 4.79 Å². The minimum absolute atomic E-state index is 0.231. The quantitative estimate of drug-likeness (QED) is 0.656. The van der Waals surface area contributed by atoms with E-state index in [1.165, 1.54) is 20.3 Å². The maximum atomic E-state index is 14.9. The molecule has 0 saturated carbocycles. The van der Waals surface area contributed by atoms with Crippen molar-refractivity contribution in [2.24, 2.45) is 0 Å². The Morgan fingerprint density at radius 1 is 1.14 bits per heavy atom. The van der Waals surface area contributed by atoms with Gasteiger partial charge in [0.05, 0.1) is 31.4 Å². The van der Waals surface area contributed by atoms with E-state index in [0.717, 1.165) is 5.56 Å². The molecule has 0 aliphatic carbocycles. The summed E-state index contributed by atoms with van der Waals surface area (Å²) in [4.78, 5) is 28.5. The second-order valence-corrected chi connectivity index (χ2v) is 6.76. The number of carbonyl (C=O) groups is 2. The van der Waals surface area contributed by atoms with Crippen LogP contribution in [0.3, 0.4) is 0 Å². The minimum atomic E-state index is -0.776. The molecule has 1 aromatic heterocycles. The highest BCUT2D eigenvalue weighted by atomic mass is 19.1. The first kappa shape index (κ1) is 18.7. The van der Waals surface area contributed by atoms with E-state index in [4.69, 9.17) is 9.47 Å². The van der Waals surface area contributed by atoms with Crippen LogP contribution in [0.5, 0.6) is 5.75 Å². The summed E-state index contributed by atoms with van der Waals surface area (Å²) in [6.07, 6.45) is 0. The fraction of sp³-hybridized carbons (Fsp3) is 0.182. The van der Waals surface area contributed by atoms with Crippen LogP contribution < -0.4 is 10.1 Å². The van der Waals surface area contributed by atoms with Gasteiger partial charge in [-0.15, -0.1) is 0 Å². The van der Waals surface area contributed by atoms with Crippen LogP contribution >= 0.6 is 0 Å². The van der Waals surface area contributed by atoms with Crippen LogP contribution in [0, 0.1) is 12.7 Å². The lowest BCUT2D eigenvalue weighted by Gasteiger charge is -2.14. The van der Waals surface area contributed by atoms with Gasteiger partial charge in [-0.1, -0.05) is 18.2 Å². The second-order valence-electron chi connectivity index (χ2n) is 6.76. The van der Waals surface area contributed by atoms with Crippen molar-refractivity contribution in [3.63, 3.8) is 0 Å². The van der Waals surface area contributed by atoms with Crippen LogP contribution in [0.1, 0.15) is 33.1 Å². The largest absolute Gasteiger partial charge is 0.497 e. The molecular formula is C22H19FN2O4. The van der Waals surface area contributed by atoms with Gasteiger partial charge in [0.25, 0.3) is 0 Å². The van der Waals surface area contributed by atoms with Gasteiger partial charge in [0.1, 0.15) is 11.6 Å². The number of esters is 1. The average Bonchev–Trinajstić information content (AvgIpc) is 3.22. The molecule has 6 nitrogen and oxygen atoms in total. The van der Waals surface area contributed by atoms with Gasteiger partial charge in [0.15, 0.2) is 0 Å². The number of amides is 1. The number of para-hydroxylation sites is 1. The molecule has 1 aliphatic rings. The molecule has 0 saturated heterocycles. The first-order valence-electron chi connectivity index (χ1n) is 9.00. The number of carbonyl (C=O) groups excluding carboxylic acids is 2. The van der Waals surface area contributed by atoms with Gasteiger partial charge in [-0.2, -0.15) is 0 Å². The van der Waals surface area contributed by atoms with E-state index in [1.807, 2.05) is 18.2 Å². The van der Waals surface area contributed by atoms with Crippen LogP contribution in [0.2, 0.25) is 0 Å². The molecule has 1 amide bonds. The Kier molecular flexibility index (Phi) is 4.58. The predicted octanol–water partition coefficient (Wildman–Crippen LogP) is 4.01. The van der Waals surface area contributed by atoms with Crippen LogP contribution in [0.15, 0.2) is 42.5 Å². The number of anilines is 1. The lowest BCUT2D eigenvalue weighted by Crippen LogP contribution is -2.17. The van der Waals surface area contributed by atoms with E-state index in [-0.39, 0.29) is 17.0 Å². The number of halogens is 1. The van der Waals surface area contributed by atoms with Crippen molar-refractivity contribution in [2.45, 2.75) is 12.8 Å². The normalized spacial score (nSPS) is 15.0. The zero-order valence-electron chi connectivity index (χ0n) is 16.1. The molecule has 3 aromatic rings. The maximum Gasteiger partial charge on any atom is 0.340 e. The molecule has 2 N–H and O–H groups in total. The number of aryl methyl sites for hydroxylation is 1. The summed E-state index contributed by atoms with van der Waals surface area (Å²) in [5.41, 5.74) is 3.09. The molecule has 0 spiro atoms. The third-order valence-corrected chi connectivity index (χ3v) is 5.14. The highest BCUT2D eigenvalue weighted by molar-refractivity contribution is 6.08. The van der Waals surface area contributed by atoms with Crippen LogP contribution in [0.25, 0.3) is 11.3 Å². The molecule has 0 radical (unpaired) electrons. The molecule has 148 valence electrons.